The molecule has 150 valence electrons. The van der Waals surface area contributed by atoms with Crippen LogP contribution in [0.15, 0.2) is 42.7 Å². The highest BCUT2D eigenvalue weighted by molar-refractivity contribution is 5.97. The number of piperidine rings is 1. The van der Waals surface area contributed by atoms with Crippen molar-refractivity contribution >= 4 is 35.7 Å². The van der Waals surface area contributed by atoms with E-state index in [9.17, 15) is 9.59 Å². The van der Waals surface area contributed by atoms with Gasteiger partial charge in [0.2, 0.25) is 0 Å². The molecule has 1 saturated heterocycles. The second-order valence-electron chi connectivity index (χ2n) is 7.14. The summed E-state index contributed by atoms with van der Waals surface area (Å²) >= 11 is 0. The fourth-order valence-electron chi connectivity index (χ4n) is 3.39. The zero-order valence-electron chi connectivity index (χ0n) is 15.5. The number of hydrogen-bond acceptors (Lipinski definition) is 4. The molecule has 1 aromatic heterocycles. The first-order valence-corrected chi connectivity index (χ1v) is 9.36. The Labute approximate surface area is 169 Å². The first kappa shape index (κ1) is 20.2. The van der Waals surface area contributed by atoms with Crippen LogP contribution in [-0.4, -0.2) is 40.9 Å². The third kappa shape index (κ3) is 4.45. The molecule has 0 spiro atoms. The molecule has 0 atom stereocenters. The average Bonchev–Trinajstić information content (AvgIpc) is 3.31. The van der Waals surface area contributed by atoms with Gasteiger partial charge in [-0.15, -0.1) is 12.4 Å². The zero-order chi connectivity index (χ0) is 18.7. The van der Waals surface area contributed by atoms with Crippen LogP contribution in [0.5, 0.6) is 0 Å². The number of hydrogen-bond donors (Lipinski definition) is 4. The van der Waals surface area contributed by atoms with Gasteiger partial charge in [0.25, 0.3) is 5.91 Å². The molecule has 0 unspecified atom stereocenters. The summed E-state index contributed by atoms with van der Waals surface area (Å²) in [5, 5.41) is 16.3. The number of amides is 3. The van der Waals surface area contributed by atoms with E-state index in [0.29, 0.717) is 30.3 Å². The minimum Gasteiger partial charge on any atom is -0.335 e. The lowest BCUT2D eigenvalue weighted by atomic mass is 9.87. The molecule has 3 amide bonds. The summed E-state index contributed by atoms with van der Waals surface area (Å²) in [7, 11) is 0. The molecule has 4 N–H and O–H groups in total. The summed E-state index contributed by atoms with van der Waals surface area (Å²) in [6.07, 6.45) is 7.00. The van der Waals surface area contributed by atoms with Crippen LogP contribution < -0.4 is 21.3 Å². The Morgan fingerprint density at radius 3 is 2.29 bits per heavy atom. The molecule has 0 radical (unpaired) electrons. The molecule has 4 rings (SSSR count). The number of nitrogens with zero attached hydrogens (tertiary/aromatic N) is 2. The molecule has 1 aliphatic carbocycles. The molecular weight excluding hydrogens is 380 g/mol. The predicted octanol–water partition coefficient (Wildman–Crippen LogP) is 2.31. The lowest BCUT2D eigenvalue weighted by molar-refractivity contribution is -0.126. The highest BCUT2D eigenvalue weighted by Gasteiger charge is 2.42. The lowest BCUT2D eigenvalue weighted by Crippen LogP contribution is -2.52. The van der Waals surface area contributed by atoms with Gasteiger partial charge in [0, 0.05) is 29.8 Å². The second kappa shape index (κ2) is 8.62. The summed E-state index contributed by atoms with van der Waals surface area (Å²) in [4.78, 5) is 24.9. The standard InChI is InChI=1S/C19H24N6O2.ClH/c26-17(19(8-11-20-12-9-19)25-13-1-10-21-25)22-14-2-4-15(5-3-14)23-18(27)24-16-6-7-16;/h1-5,10,13,16,20H,6-9,11-12H2,(H,22,26)(H2,23,24,27);1H. The fraction of sp³-hybridized carbons (Fsp3) is 0.421. The molecule has 9 heteroatoms. The predicted molar refractivity (Wildman–Crippen MR) is 110 cm³/mol. The molecule has 28 heavy (non-hydrogen) atoms. The van der Waals surface area contributed by atoms with Gasteiger partial charge < -0.3 is 21.3 Å². The molecule has 2 aromatic rings. The smallest absolute Gasteiger partial charge is 0.319 e. The number of carbonyl (C=O) groups excluding carboxylic acids is 2. The van der Waals surface area contributed by atoms with E-state index >= 15 is 0 Å². The number of carbonyl (C=O) groups is 2. The number of aromatic nitrogens is 2. The number of halogens is 1. The van der Waals surface area contributed by atoms with Crippen LogP contribution in [0.4, 0.5) is 16.2 Å². The topological polar surface area (TPSA) is 100 Å². The maximum absolute atomic E-state index is 13.1. The molecule has 2 fully saturated rings. The largest absolute Gasteiger partial charge is 0.335 e. The fourth-order valence-corrected chi connectivity index (χ4v) is 3.39. The summed E-state index contributed by atoms with van der Waals surface area (Å²) in [6.45, 7) is 1.54. The van der Waals surface area contributed by atoms with Gasteiger partial charge in [-0.25, -0.2) is 4.79 Å². The van der Waals surface area contributed by atoms with Crippen molar-refractivity contribution in [3.8, 4) is 0 Å². The maximum Gasteiger partial charge on any atom is 0.319 e. The van der Waals surface area contributed by atoms with E-state index in [0.717, 1.165) is 25.9 Å². The highest BCUT2D eigenvalue weighted by atomic mass is 35.5. The third-order valence-electron chi connectivity index (χ3n) is 5.11. The third-order valence-corrected chi connectivity index (χ3v) is 5.11. The van der Waals surface area contributed by atoms with E-state index in [-0.39, 0.29) is 24.3 Å². The number of anilines is 2. The van der Waals surface area contributed by atoms with Crippen LogP contribution >= 0.6 is 12.4 Å². The first-order valence-electron chi connectivity index (χ1n) is 9.36. The Bertz CT molecular complexity index is 798. The number of benzene rings is 1. The molecule has 0 bridgehead atoms. The Morgan fingerprint density at radius 2 is 1.71 bits per heavy atom. The van der Waals surface area contributed by atoms with Gasteiger partial charge in [0.15, 0.2) is 0 Å². The van der Waals surface area contributed by atoms with E-state index in [4.69, 9.17) is 0 Å². The molecule has 2 heterocycles. The van der Waals surface area contributed by atoms with Crippen molar-refractivity contribution in [1.82, 2.24) is 20.4 Å². The van der Waals surface area contributed by atoms with Gasteiger partial charge in [0.1, 0.15) is 5.54 Å². The minimum atomic E-state index is -0.685. The van der Waals surface area contributed by atoms with Gasteiger partial charge in [-0.1, -0.05) is 0 Å². The Kier molecular flexibility index (Phi) is 6.21. The minimum absolute atomic E-state index is 0. The van der Waals surface area contributed by atoms with E-state index in [2.05, 4.69) is 26.4 Å². The summed E-state index contributed by atoms with van der Waals surface area (Å²) in [5.41, 5.74) is 0.698. The van der Waals surface area contributed by atoms with Crippen LogP contribution in [0.2, 0.25) is 0 Å². The number of nitrogens with one attached hydrogen (secondary N) is 4. The first-order chi connectivity index (χ1) is 13.2. The van der Waals surface area contributed by atoms with Crippen molar-refractivity contribution < 1.29 is 9.59 Å². The molecule has 1 aromatic carbocycles. The summed E-state index contributed by atoms with van der Waals surface area (Å²) < 4.78 is 1.77. The normalized spacial score (nSPS) is 17.9. The van der Waals surface area contributed by atoms with Gasteiger partial charge in [-0.05, 0) is 69.1 Å². The van der Waals surface area contributed by atoms with E-state index in [1.807, 2.05) is 12.3 Å². The molecule has 2 aliphatic rings. The SMILES string of the molecule is Cl.O=C(Nc1ccc(NC(=O)C2(n3cccn3)CCNCC2)cc1)NC1CC1. The zero-order valence-corrected chi connectivity index (χ0v) is 16.3. The van der Waals surface area contributed by atoms with Crippen molar-refractivity contribution in [1.29, 1.82) is 0 Å². The van der Waals surface area contributed by atoms with E-state index in [1.165, 1.54) is 0 Å². The van der Waals surface area contributed by atoms with Crippen LogP contribution in [0.3, 0.4) is 0 Å². The monoisotopic (exact) mass is 404 g/mol. The van der Waals surface area contributed by atoms with Crippen LogP contribution in [0.25, 0.3) is 0 Å². The molecule has 1 saturated carbocycles. The Morgan fingerprint density at radius 1 is 1.07 bits per heavy atom. The van der Waals surface area contributed by atoms with Crippen molar-refractivity contribution in [2.24, 2.45) is 0 Å². The van der Waals surface area contributed by atoms with E-state index < -0.39 is 5.54 Å². The molecular formula is C19H25ClN6O2. The second-order valence-corrected chi connectivity index (χ2v) is 7.14. The van der Waals surface area contributed by atoms with Crippen molar-refractivity contribution in [3.05, 3.63) is 42.7 Å². The van der Waals surface area contributed by atoms with Crippen LogP contribution in [0.1, 0.15) is 25.7 Å². The molecule has 1 aliphatic heterocycles. The van der Waals surface area contributed by atoms with Gasteiger partial charge in [0.05, 0.1) is 0 Å². The Balaban J connectivity index is 0.00000225. The quantitative estimate of drug-likeness (QED) is 0.614. The maximum atomic E-state index is 13.1. The summed E-state index contributed by atoms with van der Waals surface area (Å²) in [5.74, 6) is -0.0696. The van der Waals surface area contributed by atoms with Gasteiger partial charge in [-0.2, -0.15) is 5.10 Å². The lowest BCUT2D eigenvalue weighted by Gasteiger charge is -2.36. The number of rotatable bonds is 5. The van der Waals surface area contributed by atoms with Crippen molar-refractivity contribution in [3.63, 3.8) is 0 Å². The molecule has 8 nitrogen and oxygen atoms in total. The van der Waals surface area contributed by atoms with Crippen molar-refractivity contribution in [2.75, 3.05) is 23.7 Å². The number of urea groups is 1. The summed E-state index contributed by atoms with van der Waals surface area (Å²) in [6, 6.07) is 9.11. The van der Waals surface area contributed by atoms with Gasteiger partial charge >= 0.3 is 6.03 Å². The highest BCUT2D eigenvalue weighted by Crippen LogP contribution is 2.29. The van der Waals surface area contributed by atoms with Crippen molar-refractivity contribution in [2.45, 2.75) is 37.3 Å². The van der Waals surface area contributed by atoms with E-state index in [1.54, 1.807) is 35.1 Å². The average molecular weight is 405 g/mol. The van der Waals surface area contributed by atoms with Crippen LogP contribution in [-0.2, 0) is 10.3 Å². The van der Waals surface area contributed by atoms with Gasteiger partial charge in [-0.3, -0.25) is 9.48 Å². The van der Waals surface area contributed by atoms with Crippen LogP contribution in [0, 0.1) is 0 Å². The Hall–Kier alpha value is -2.58.